The summed E-state index contributed by atoms with van der Waals surface area (Å²) in [7, 11) is 0. The largest absolute Gasteiger partial charge is 0.424 e. The molecule has 3 heterocycles. The first-order valence-corrected chi connectivity index (χ1v) is 8.60. The van der Waals surface area contributed by atoms with Gasteiger partial charge in [0.25, 0.3) is 0 Å². The Hall–Kier alpha value is -1.76. The lowest BCUT2D eigenvalue weighted by Crippen LogP contribution is -2.37. The minimum absolute atomic E-state index is 0.531. The van der Waals surface area contributed by atoms with Crippen LogP contribution in [0.25, 0.3) is 0 Å². The standard InChI is InChI=1S/C16H24N6O/c1-11-17-12(2)22(20-11)9-13-4-3-7-21(8-13)10-15-18-19-16(23-15)14-5-6-14/h13-14H,3-10H2,1-2H3/t13-/m0/s1. The molecule has 2 fully saturated rings. The Morgan fingerprint density at radius 3 is 2.78 bits per heavy atom. The molecule has 124 valence electrons. The number of aromatic nitrogens is 5. The Labute approximate surface area is 136 Å². The summed E-state index contributed by atoms with van der Waals surface area (Å²) < 4.78 is 7.84. The fourth-order valence-corrected chi connectivity index (χ4v) is 3.44. The molecule has 1 saturated heterocycles. The average molecular weight is 316 g/mol. The van der Waals surface area contributed by atoms with E-state index in [4.69, 9.17) is 4.42 Å². The molecule has 0 amide bonds. The normalized spacial score (nSPS) is 22.6. The summed E-state index contributed by atoms with van der Waals surface area (Å²) in [5, 5.41) is 12.9. The Balaban J connectivity index is 1.35. The third-order valence-corrected chi connectivity index (χ3v) is 4.76. The fraction of sp³-hybridized carbons (Fsp3) is 0.750. The average Bonchev–Trinajstić information content (AvgIpc) is 3.19. The lowest BCUT2D eigenvalue weighted by molar-refractivity contribution is 0.141. The highest BCUT2D eigenvalue weighted by Gasteiger charge is 2.30. The number of hydrogen-bond donors (Lipinski definition) is 0. The van der Waals surface area contributed by atoms with Crippen LogP contribution in [0.5, 0.6) is 0 Å². The van der Waals surface area contributed by atoms with Gasteiger partial charge in [0.05, 0.1) is 6.54 Å². The topological polar surface area (TPSA) is 72.9 Å². The van der Waals surface area contributed by atoms with Crippen LogP contribution in [0.1, 0.15) is 55.0 Å². The predicted molar refractivity (Wildman–Crippen MR) is 83.8 cm³/mol. The van der Waals surface area contributed by atoms with Crippen molar-refractivity contribution in [3.63, 3.8) is 0 Å². The Bertz CT molecular complexity index is 674. The summed E-state index contributed by atoms with van der Waals surface area (Å²) in [6.45, 7) is 7.85. The van der Waals surface area contributed by atoms with E-state index in [0.29, 0.717) is 11.8 Å². The van der Waals surface area contributed by atoms with Gasteiger partial charge in [0.15, 0.2) is 0 Å². The molecule has 7 heteroatoms. The molecule has 7 nitrogen and oxygen atoms in total. The Morgan fingerprint density at radius 2 is 2.04 bits per heavy atom. The van der Waals surface area contributed by atoms with Crippen molar-refractivity contribution in [1.82, 2.24) is 29.9 Å². The fourth-order valence-electron chi connectivity index (χ4n) is 3.44. The van der Waals surface area contributed by atoms with E-state index < -0.39 is 0 Å². The van der Waals surface area contributed by atoms with Crippen LogP contribution in [-0.4, -0.2) is 43.0 Å². The van der Waals surface area contributed by atoms with Crippen LogP contribution in [0.2, 0.25) is 0 Å². The van der Waals surface area contributed by atoms with Crippen molar-refractivity contribution in [2.75, 3.05) is 13.1 Å². The highest BCUT2D eigenvalue weighted by Crippen LogP contribution is 2.39. The summed E-state index contributed by atoms with van der Waals surface area (Å²) in [5.41, 5.74) is 0. The van der Waals surface area contributed by atoms with Gasteiger partial charge in [-0.2, -0.15) is 5.10 Å². The van der Waals surface area contributed by atoms with E-state index in [2.05, 4.69) is 25.2 Å². The number of likely N-dealkylation sites (tertiary alicyclic amines) is 1. The van der Waals surface area contributed by atoms with Gasteiger partial charge in [-0.1, -0.05) is 0 Å². The molecule has 1 saturated carbocycles. The van der Waals surface area contributed by atoms with Gasteiger partial charge < -0.3 is 4.42 Å². The number of aryl methyl sites for hydroxylation is 2. The maximum absolute atomic E-state index is 5.79. The van der Waals surface area contributed by atoms with Crippen LogP contribution in [0, 0.1) is 19.8 Å². The summed E-state index contributed by atoms with van der Waals surface area (Å²) in [6.07, 6.45) is 4.85. The van der Waals surface area contributed by atoms with Gasteiger partial charge in [-0.3, -0.25) is 4.90 Å². The lowest BCUT2D eigenvalue weighted by Gasteiger charge is -2.31. The zero-order valence-electron chi connectivity index (χ0n) is 13.9. The Morgan fingerprint density at radius 1 is 1.17 bits per heavy atom. The highest BCUT2D eigenvalue weighted by molar-refractivity contribution is 5.00. The predicted octanol–water partition coefficient (Wildman–Crippen LogP) is 2.07. The van der Waals surface area contributed by atoms with Gasteiger partial charge in [0.2, 0.25) is 11.8 Å². The summed E-state index contributed by atoms with van der Waals surface area (Å²) >= 11 is 0. The minimum Gasteiger partial charge on any atom is -0.424 e. The van der Waals surface area contributed by atoms with Crippen LogP contribution in [0.3, 0.4) is 0 Å². The van der Waals surface area contributed by atoms with Crippen molar-refractivity contribution in [3.8, 4) is 0 Å². The molecule has 1 aliphatic carbocycles. The highest BCUT2D eigenvalue weighted by atomic mass is 16.4. The zero-order chi connectivity index (χ0) is 15.8. The molecule has 23 heavy (non-hydrogen) atoms. The molecule has 0 aromatic carbocycles. The molecule has 0 unspecified atom stereocenters. The molecule has 1 aliphatic heterocycles. The second-order valence-electron chi connectivity index (χ2n) is 6.94. The molecule has 0 radical (unpaired) electrons. The number of nitrogens with zero attached hydrogens (tertiary/aromatic N) is 6. The van der Waals surface area contributed by atoms with E-state index in [0.717, 1.165) is 49.6 Å². The van der Waals surface area contributed by atoms with Crippen molar-refractivity contribution < 1.29 is 4.42 Å². The molecule has 0 N–H and O–H groups in total. The first kappa shape index (κ1) is 14.8. The number of piperidine rings is 1. The van der Waals surface area contributed by atoms with Crippen molar-refractivity contribution >= 4 is 0 Å². The van der Waals surface area contributed by atoms with Crippen LogP contribution >= 0.6 is 0 Å². The summed E-state index contributed by atoms with van der Waals surface area (Å²) in [4.78, 5) is 6.82. The van der Waals surface area contributed by atoms with Crippen molar-refractivity contribution in [2.24, 2.45) is 5.92 Å². The van der Waals surface area contributed by atoms with Gasteiger partial charge in [-0.05, 0) is 52.0 Å². The SMILES string of the molecule is Cc1nc(C)n(C[C@H]2CCCN(Cc3nnc(C4CC4)o3)C2)n1. The van der Waals surface area contributed by atoms with Crippen molar-refractivity contribution in [2.45, 2.75) is 58.5 Å². The third kappa shape index (κ3) is 3.44. The molecular weight excluding hydrogens is 292 g/mol. The smallest absolute Gasteiger partial charge is 0.230 e. The third-order valence-electron chi connectivity index (χ3n) is 4.76. The first-order chi connectivity index (χ1) is 11.2. The van der Waals surface area contributed by atoms with Gasteiger partial charge in [0.1, 0.15) is 11.6 Å². The van der Waals surface area contributed by atoms with Gasteiger partial charge >= 0.3 is 0 Å². The summed E-state index contributed by atoms with van der Waals surface area (Å²) in [5.74, 6) is 4.60. The number of hydrogen-bond acceptors (Lipinski definition) is 6. The quantitative estimate of drug-likeness (QED) is 0.841. The molecule has 2 aromatic rings. The zero-order valence-corrected chi connectivity index (χ0v) is 13.9. The number of rotatable bonds is 5. The van der Waals surface area contributed by atoms with Crippen molar-refractivity contribution in [1.29, 1.82) is 0 Å². The summed E-state index contributed by atoms with van der Waals surface area (Å²) in [6, 6.07) is 0. The first-order valence-electron chi connectivity index (χ1n) is 8.60. The lowest BCUT2D eigenvalue weighted by atomic mass is 9.98. The maximum atomic E-state index is 5.79. The second kappa shape index (κ2) is 6.03. The molecule has 4 rings (SSSR count). The van der Waals surface area contributed by atoms with Gasteiger partial charge in [-0.25, -0.2) is 9.67 Å². The van der Waals surface area contributed by atoms with E-state index in [9.17, 15) is 0 Å². The molecule has 1 atom stereocenters. The molecule has 2 aromatic heterocycles. The monoisotopic (exact) mass is 316 g/mol. The molecule has 0 spiro atoms. The van der Waals surface area contributed by atoms with E-state index in [-0.39, 0.29) is 0 Å². The maximum Gasteiger partial charge on any atom is 0.230 e. The van der Waals surface area contributed by atoms with E-state index in [1.54, 1.807) is 0 Å². The van der Waals surface area contributed by atoms with Gasteiger partial charge in [0, 0.05) is 19.0 Å². The minimum atomic E-state index is 0.531. The second-order valence-corrected chi connectivity index (χ2v) is 6.94. The van der Waals surface area contributed by atoms with Crippen LogP contribution in [0.4, 0.5) is 0 Å². The van der Waals surface area contributed by atoms with Crippen molar-refractivity contribution in [3.05, 3.63) is 23.4 Å². The Kier molecular flexibility index (Phi) is 3.88. The van der Waals surface area contributed by atoms with Crippen LogP contribution < -0.4 is 0 Å². The molecule has 2 aliphatic rings. The van der Waals surface area contributed by atoms with E-state index in [1.165, 1.54) is 25.7 Å². The van der Waals surface area contributed by atoms with Crippen LogP contribution in [-0.2, 0) is 13.1 Å². The van der Waals surface area contributed by atoms with Crippen LogP contribution in [0.15, 0.2) is 4.42 Å². The van der Waals surface area contributed by atoms with Gasteiger partial charge in [-0.15, -0.1) is 10.2 Å². The molecule has 0 bridgehead atoms. The van der Waals surface area contributed by atoms with E-state index >= 15 is 0 Å². The molecular formula is C16H24N6O. The van der Waals surface area contributed by atoms with E-state index in [1.807, 2.05) is 18.5 Å².